The molecule has 1 aromatic carbocycles. The molecule has 6 rings (SSSR count). The highest BCUT2D eigenvalue weighted by molar-refractivity contribution is 5.95. The normalized spacial score (nSPS) is 34.2. The number of alkyl carbamates (subject to hydrolysis) is 1. The molecule has 12 atom stereocenters. The molecule has 1 spiro atoms. The lowest BCUT2D eigenvalue weighted by Gasteiger charge is -2.67. The van der Waals surface area contributed by atoms with Crippen LogP contribution < -0.4 is 5.32 Å². The Morgan fingerprint density at radius 3 is 2.16 bits per heavy atom. The Morgan fingerprint density at radius 2 is 1.61 bits per heavy atom. The van der Waals surface area contributed by atoms with Crippen molar-refractivity contribution < 1.29 is 76.6 Å². The molecule has 1 aromatic rings. The van der Waals surface area contributed by atoms with Gasteiger partial charge in [0, 0.05) is 24.7 Å². The van der Waals surface area contributed by atoms with Crippen molar-refractivity contribution in [2.75, 3.05) is 6.61 Å². The van der Waals surface area contributed by atoms with Crippen molar-refractivity contribution in [1.29, 1.82) is 0 Å². The van der Waals surface area contributed by atoms with Gasteiger partial charge in [0.1, 0.15) is 11.7 Å². The number of ether oxygens (including phenoxy) is 8. The average molecular weight is 870 g/mol. The summed E-state index contributed by atoms with van der Waals surface area (Å²) < 4.78 is 48.8. The molecule has 17 heteroatoms. The third-order valence-corrected chi connectivity index (χ3v) is 13.4. The maximum absolute atomic E-state index is 15.8. The van der Waals surface area contributed by atoms with E-state index in [9.17, 15) is 33.9 Å². The lowest BCUT2D eigenvalue weighted by atomic mass is 9.43. The molecule has 2 saturated heterocycles. The number of rotatable bonds is 10. The predicted molar refractivity (Wildman–Crippen MR) is 215 cm³/mol. The fourth-order valence-electron chi connectivity index (χ4n) is 10.7. The van der Waals surface area contributed by atoms with Gasteiger partial charge in [0.15, 0.2) is 41.9 Å². The zero-order valence-electron chi connectivity index (χ0n) is 37.4. The Balaban J connectivity index is 1.61. The summed E-state index contributed by atoms with van der Waals surface area (Å²) in [5, 5.41) is 14.2. The first-order valence-corrected chi connectivity index (χ1v) is 21.0. The molecule has 2 heterocycles. The van der Waals surface area contributed by atoms with Gasteiger partial charge < -0.3 is 48.3 Å². The second-order valence-electron chi connectivity index (χ2n) is 19.4. The standard InChI is InChI=1S/C45H59NO16/c1-21(2)18-27(46-39(53)61-41(7,8)9)30(49)38(52)57-31-23(4)29-32(56-24(5)47)34(50)43(12)22(3)19-28-44(20-55-28,60-25(6)48)33(43)36(58-37(51)26-16-14-13-15-17-26)45(42(29,10)11)35(31)59-40(54)62-45/h13-17,21-22,27-28,30-33,35-36,49H,18-20H2,1-12H3,(H,46,53)/t22-,27-,28+,30+,31+,32+,33-,35-,36-,43+,44-,45+/m0/s1. The molecule has 62 heavy (non-hydrogen) atoms. The van der Waals surface area contributed by atoms with Crippen molar-refractivity contribution in [3.8, 4) is 0 Å². The van der Waals surface area contributed by atoms with Crippen LogP contribution in [-0.2, 0) is 57.1 Å². The first-order valence-electron chi connectivity index (χ1n) is 21.0. The van der Waals surface area contributed by atoms with Gasteiger partial charge in [-0.1, -0.05) is 59.7 Å². The van der Waals surface area contributed by atoms with E-state index < -0.39 is 124 Å². The second-order valence-corrected chi connectivity index (χ2v) is 19.4. The number of Topliss-reactive ketones (excluding diaryl/α,β-unsaturated/α-hetero) is 1. The molecule has 3 aliphatic carbocycles. The molecule has 4 fully saturated rings. The highest BCUT2D eigenvalue weighted by Gasteiger charge is 2.83. The summed E-state index contributed by atoms with van der Waals surface area (Å²) in [5.74, 6) is -6.55. The van der Waals surface area contributed by atoms with Crippen LogP contribution in [0.5, 0.6) is 0 Å². The summed E-state index contributed by atoms with van der Waals surface area (Å²) in [6, 6.07) is 6.71. The summed E-state index contributed by atoms with van der Waals surface area (Å²) in [4.78, 5) is 97.8. The van der Waals surface area contributed by atoms with Crippen LogP contribution in [0.1, 0.15) is 106 Å². The van der Waals surface area contributed by atoms with Gasteiger partial charge in [0.25, 0.3) is 0 Å². The fourth-order valence-corrected chi connectivity index (χ4v) is 10.7. The Hall–Kier alpha value is -5.03. The van der Waals surface area contributed by atoms with Gasteiger partial charge in [-0.2, -0.15) is 0 Å². The highest BCUT2D eigenvalue weighted by atomic mass is 16.8. The molecule has 2 aliphatic heterocycles. The van der Waals surface area contributed by atoms with Crippen LogP contribution >= 0.6 is 0 Å². The van der Waals surface area contributed by atoms with Crippen LogP contribution in [0.3, 0.4) is 0 Å². The average Bonchev–Trinajstić information content (AvgIpc) is 3.52. The van der Waals surface area contributed by atoms with Crippen molar-refractivity contribution in [2.45, 2.75) is 155 Å². The lowest BCUT2D eigenvalue weighted by molar-refractivity contribution is -0.340. The minimum atomic E-state index is -2.25. The van der Waals surface area contributed by atoms with Crippen LogP contribution in [0, 0.1) is 28.6 Å². The van der Waals surface area contributed by atoms with Crippen LogP contribution in [0.4, 0.5) is 9.59 Å². The Kier molecular flexibility index (Phi) is 12.2. The monoisotopic (exact) mass is 869 g/mol. The zero-order valence-corrected chi connectivity index (χ0v) is 37.4. The Morgan fingerprint density at radius 1 is 0.968 bits per heavy atom. The van der Waals surface area contributed by atoms with E-state index in [0.717, 1.165) is 6.92 Å². The number of aliphatic hydroxyl groups is 1. The molecule has 0 aromatic heterocycles. The summed E-state index contributed by atoms with van der Waals surface area (Å²) >= 11 is 0. The van der Waals surface area contributed by atoms with E-state index in [2.05, 4.69) is 5.32 Å². The molecule has 0 radical (unpaired) electrons. The molecule has 2 bridgehead atoms. The van der Waals surface area contributed by atoms with Crippen molar-refractivity contribution >= 4 is 41.9 Å². The quantitative estimate of drug-likeness (QED) is 0.181. The van der Waals surface area contributed by atoms with Crippen LogP contribution in [-0.4, -0.2) is 113 Å². The van der Waals surface area contributed by atoms with Crippen molar-refractivity contribution in [1.82, 2.24) is 5.32 Å². The molecule has 17 nitrogen and oxygen atoms in total. The number of esters is 4. The van der Waals surface area contributed by atoms with E-state index in [4.69, 9.17) is 37.9 Å². The first kappa shape index (κ1) is 46.5. The third kappa shape index (κ3) is 7.62. The van der Waals surface area contributed by atoms with E-state index in [1.807, 2.05) is 13.8 Å². The molecule has 340 valence electrons. The van der Waals surface area contributed by atoms with E-state index >= 15 is 4.79 Å². The lowest BCUT2D eigenvalue weighted by Crippen LogP contribution is -2.82. The number of aliphatic hydroxyl groups excluding tert-OH is 1. The van der Waals surface area contributed by atoms with Crippen LogP contribution in [0.15, 0.2) is 41.5 Å². The van der Waals surface area contributed by atoms with Gasteiger partial charge in [-0.05, 0) is 75.7 Å². The maximum atomic E-state index is 15.8. The van der Waals surface area contributed by atoms with E-state index in [-0.39, 0.29) is 42.1 Å². The maximum Gasteiger partial charge on any atom is 0.509 e. The second kappa shape index (κ2) is 16.3. The topological polar surface area (TPSA) is 226 Å². The van der Waals surface area contributed by atoms with Crippen molar-refractivity contribution in [3.05, 3.63) is 47.0 Å². The van der Waals surface area contributed by atoms with Gasteiger partial charge in [-0.15, -0.1) is 0 Å². The number of benzene rings is 1. The summed E-state index contributed by atoms with van der Waals surface area (Å²) in [5.41, 5.74) is -7.92. The number of carbonyl (C=O) groups is 7. The SMILES string of the molecule is CC(=O)O[C@H]1C(=O)[C@@]2(C)[C@H]([C@H](OC(=O)c3ccccc3)[C@]34OC(=O)O[C@H]3[C@H](OC(=O)[C@H](O)[C@H](CC(C)C)NC(=O)OC(C)(C)C)C(C)=C1C4(C)C)[C@]1(OC(C)=O)CO[C@@H]1C[C@@H]2C. The number of ketones is 1. The minimum Gasteiger partial charge on any atom is -0.454 e. The predicted octanol–water partition coefficient (Wildman–Crippen LogP) is 4.93. The molecular weight excluding hydrogens is 810 g/mol. The Bertz CT molecular complexity index is 2040. The van der Waals surface area contributed by atoms with Gasteiger partial charge in [-0.3, -0.25) is 14.4 Å². The number of nitrogens with one attached hydrogen (secondary N) is 1. The van der Waals surface area contributed by atoms with E-state index in [1.165, 1.54) is 26.0 Å². The molecular formula is C45H59NO16. The van der Waals surface area contributed by atoms with Gasteiger partial charge in [0.05, 0.1) is 24.1 Å². The highest BCUT2D eigenvalue weighted by Crippen LogP contribution is 2.67. The van der Waals surface area contributed by atoms with E-state index in [0.29, 0.717) is 0 Å². The number of amides is 1. The number of hydrogen-bond acceptors (Lipinski definition) is 16. The van der Waals surface area contributed by atoms with Crippen LogP contribution in [0.25, 0.3) is 0 Å². The first-order chi connectivity index (χ1) is 28.7. The summed E-state index contributed by atoms with van der Waals surface area (Å²) in [6.45, 7) is 18.8. The molecule has 0 unspecified atom stereocenters. The molecule has 2 saturated carbocycles. The van der Waals surface area contributed by atoms with Gasteiger partial charge in [-0.25, -0.2) is 19.2 Å². The third-order valence-electron chi connectivity index (χ3n) is 13.4. The summed E-state index contributed by atoms with van der Waals surface area (Å²) in [7, 11) is 0. The van der Waals surface area contributed by atoms with Crippen LogP contribution in [0.2, 0.25) is 0 Å². The zero-order chi connectivity index (χ0) is 46.1. The largest absolute Gasteiger partial charge is 0.509 e. The van der Waals surface area contributed by atoms with Crippen molar-refractivity contribution in [3.63, 3.8) is 0 Å². The molecule has 2 N–H and O–H groups in total. The fraction of sp³-hybridized carbons (Fsp3) is 0.667. The summed E-state index contributed by atoms with van der Waals surface area (Å²) in [6.07, 6.45) is -11.5. The number of carbonyl (C=O) groups excluding carboxylic acids is 7. The number of fused-ring (bicyclic) bond motifs is 4. The number of hydrogen-bond donors (Lipinski definition) is 2. The van der Waals surface area contributed by atoms with Gasteiger partial charge >= 0.3 is 36.1 Å². The van der Waals surface area contributed by atoms with E-state index in [1.54, 1.807) is 66.7 Å². The smallest absolute Gasteiger partial charge is 0.454 e. The Labute approximate surface area is 360 Å². The van der Waals surface area contributed by atoms with Gasteiger partial charge in [0.2, 0.25) is 5.60 Å². The minimum absolute atomic E-state index is 0.0614. The van der Waals surface area contributed by atoms with Crippen molar-refractivity contribution in [2.24, 2.45) is 28.6 Å². The molecule has 1 amide bonds. The molecule has 5 aliphatic rings.